The lowest BCUT2D eigenvalue weighted by Crippen LogP contribution is -2.40. The molecule has 0 unspecified atom stereocenters. The standard InChI is InChI=1S/C21H18ClF3N4O4S/c1-33-21(30)17-16-7-12(28-34(2,31)32)9-29(16)20(19-15(25)6-11(24)8-26-19)27-18(17)13-4-3-10(23)5-14(13)22/h3-6,8,12,18,28H,7,9H2,1-2H3/t12-,18-/m0/s1. The van der Waals surface area contributed by atoms with E-state index >= 15 is 0 Å². The number of hydrogen-bond acceptors (Lipinski definition) is 7. The van der Waals surface area contributed by atoms with Crippen LogP contribution in [-0.2, 0) is 19.6 Å². The van der Waals surface area contributed by atoms with Crippen molar-refractivity contribution in [2.45, 2.75) is 18.5 Å². The Bertz CT molecular complexity index is 1350. The zero-order valence-corrected chi connectivity index (χ0v) is 19.4. The van der Waals surface area contributed by atoms with Gasteiger partial charge in [-0.25, -0.2) is 36.1 Å². The lowest BCUT2D eigenvalue weighted by molar-refractivity contribution is -0.136. The number of esters is 1. The topological polar surface area (TPSA) is 101 Å². The summed E-state index contributed by atoms with van der Waals surface area (Å²) in [5, 5.41) is -0.0418. The van der Waals surface area contributed by atoms with Crippen LogP contribution in [0.15, 0.2) is 46.7 Å². The lowest BCUT2D eigenvalue weighted by atomic mass is 9.94. The summed E-state index contributed by atoms with van der Waals surface area (Å²) in [6, 6.07) is 2.29. The largest absolute Gasteiger partial charge is 0.466 e. The van der Waals surface area contributed by atoms with Crippen LogP contribution in [-0.4, -0.2) is 56.1 Å². The number of sulfonamides is 1. The van der Waals surface area contributed by atoms with Crippen LogP contribution in [0.1, 0.15) is 23.7 Å². The van der Waals surface area contributed by atoms with Gasteiger partial charge in [0.05, 0.1) is 25.1 Å². The average Bonchev–Trinajstić information content (AvgIpc) is 3.14. The first-order chi connectivity index (χ1) is 16.0. The highest BCUT2D eigenvalue weighted by atomic mass is 35.5. The van der Waals surface area contributed by atoms with Gasteiger partial charge in [0.1, 0.15) is 23.4 Å². The number of nitrogens with zero attached hydrogens (tertiary/aromatic N) is 3. The molecule has 0 saturated carbocycles. The summed E-state index contributed by atoms with van der Waals surface area (Å²) < 4.78 is 73.0. The molecule has 0 spiro atoms. The SMILES string of the molecule is COC(=O)C1=C2C[C@H](NS(C)(=O)=O)CN2C(c2ncc(F)cc2F)=N[C@H]1c1ccc(F)cc1Cl. The molecular weight excluding hydrogens is 497 g/mol. The molecule has 2 atom stereocenters. The predicted octanol–water partition coefficient (Wildman–Crippen LogP) is 2.70. The summed E-state index contributed by atoms with van der Waals surface area (Å²) >= 11 is 6.25. The van der Waals surface area contributed by atoms with E-state index in [-0.39, 0.29) is 40.7 Å². The number of benzene rings is 1. The molecule has 2 aromatic rings. The van der Waals surface area contributed by atoms with Crippen molar-refractivity contribution in [3.8, 4) is 0 Å². The fourth-order valence-electron chi connectivity index (χ4n) is 4.06. The summed E-state index contributed by atoms with van der Waals surface area (Å²) in [5.41, 5.74) is 0.246. The molecule has 0 aliphatic carbocycles. The maximum absolute atomic E-state index is 14.7. The number of aromatic nitrogens is 1. The smallest absolute Gasteiger partial charge is 0.338 e. The first-order valence-corrected chi connectivity index (χ1v) is 12.2. The highest BCUT2D eigenvalue weighted by Gasteiger charge is 2.43. The van der Waals surface area contributed by atoms with Gasteiger partial charge in [0.15, 0.2) is 11.7 Å². The zero-order chi connectivity index (χ0) is 24.8. The van der Waals surface area contributed by atoms with E-state index in [9.17, 15) is 26.4 Å². The molecule has 8 nitrogen and oxygen atoms in total. The van der Waals surface area contributed by atoms with Gasteiger partial charge in [0.25, 0.3) is 0 Å². The van der Waals surface area contributed by atoms with E-state index in [0.717, 1.165) is 31.7 Å². The van der Waals surface area contributed by atoms with Crippen LogP contribution < -0.4 is 4.72 Å². The number of nitrogens with one attached hydrogen (secondary N) is 1. The number of ether oxygens (including phenoxy) is 1. The minimum absolute atomic E-state index is 0.00982. The summed E-state index contributed by atoms with van der Waals surface area (Å²) in [4.78, 5) is 22.6. The van der Waals surface area contributed by atoms with Crippen molar-refractivity contribution < 1.29 is 31.1 Å². The minimum atomic E-state index is -3.62. The van der Waals surface area contributed by atoms with Gasteiger partial charge in [-0.05, 0) is 12.1 Å². The van der Waals surface area contributed by atoms with Gasteiger partial charge >= 0.3 is 5.97 Å². The van der Waals surface area contributed by atoms with Crippen LogP contribution in [0.4, 0.5) is 13.2 Å². The number of carbonyl (C=O) groups excluding carboxylic acids is 1. The van der Waals surface area contributed by atoms with Crippen molar-refractivity contribution in [2.24, 2.45) is 4.99 Å². The van der Waals surface area contributed by atoms with Crippen molar-refractivity contribution in [3.05, 3.63) is 75.5 Å². The van der Waals surface area contributed by atoms with Gasteiger partial charge in [-0.15, -0.1) is 0 Å². The quantitative estimate of drug-likeness (QED) is 0.616. The summed E-state index contributed by atoms with van der Waals surface area (Å²) in [6.45, 7) is -0.00982. The third-order valence-corrected chi connectivity index (χ3v) is 6.41. The molecule has 2 aliphatic heterocycles. The summed E-state index contributed by atoms with van der Waals surface area (Å²) in [5.74, 6) is -3.38. The Morgan fingerprint density at radius 2 is 1.97 bits per heavy atom. The Kier molecular flexibility index (Phi) is 6.40. The van der Waals surface area contributed by atoms with E-state index in [1.165, 1.54) is 11.0 Å². The lowest BCUT2D eigenvalue weighted by Gasteiger charge is -2.32. The van der Waals surface area contributed by atoms with Gasteiger partial charge in [-0.2, -0.15) is 0 Å². The number of aliphatic imine (C=N–C) groups is 1. The highest BCUT2D eigenvalue weighted by Crippen LogP contribution is 2.42. The van der Waals surface area contributed by atoms with E-state index in [1.54, 1.807) is 0 Å². The number of fused-ring (bicyclic) bond motifs is 1. The first kappa shape index (κ1) is 24.2. The van der Waals surface area contributed by atoms with Gasteiger partial charge in [-0.3, -0.25) is 4.99 Å². The van der Waals surface area contributed by atoms with Gasteiger partial charge in [0, 0.05) is 41.4 Å². The third-order valence-electron chi connectivity index (χ3n) is 5.32. The van der Waals surface area contributed by atoms with Crippen molar-refractivity contribution >= 4 is 33.4 Å². The maximum Gasteiger partial charge on any atom is 0.338 e. The molecule has 3 heterocycles. The predicted molar refractivity (Wildman–Crippen MR) is 117 cm³/mol. The molecule has 1 fully saturated rings. The number of rotatable bonds is 5. The molecule has 34 heavy (non-hydrogen) atoms. The Labute approximate surface area is 198 Å². The van der Waals surface area contributed by atoms with Crippen molar-refractivity contribution in [1.82, 2.24) is 14.6 Å². The Hall–Kier alpha value is -2.96. The van der Waals surface area contributed by atoms with Gasteiger partial charge < -0.3 is 9.64 Å². The molecule has 1 saturated heterocycles. The van der Waals surface area contributed by atoms with Crippen LogP contribution >= 0.6 is 11.6 Å². The molecule has 0 bridgehead atoms. The van der Waals surface area contributed by atoms with Gasteiger partial charge in [0.2, 0.25) is 10.0 Å². The van der Waals surface area contributed by atoms with Crippen LogP contribution in [0.25, 0.3) is 0 Å². The Morgan fingerprint density at radius 3 is 2.59 bits per heavy atom. The number of methoxy groups -OCH3 is 1. The molecule has 13 heteroatoms. The molecule has 0 radical (unpaired) electrons. The van der Waals surface area contributed by atoms with Crippen LogP contribution in [0.5, 0.6) is 0 Å². The van der Waals surface area contributed by atoms with E-state index < -0.39 is 45.5 Å². The van der Waals surface area contributed by atoms with Gasteiger partial charge in [-0.1, -0.05) is 17.7 Å². The second kappa shape index (κ2) is 9.01. The molecule has 180 valence electrons. The summed E-state index contributed by atoms with van der Waals surface area (Å²) in [6.07, 6.45) is 1.83. The van der Waals surface area contributed by atoms with Crippen molar-refractivity contribution in [1.29, 1.82) is 0 Å². The maximum atomic E-state index is 14.7. The monoisotopic (exact) mass is 514 g/mol. The fraction of sp³-hybridized carbons (Fsp3) is 0.286. The molecule has 1 aromatic carbocycles. The van der Waals surface area contributed by atoms with E-state index in [0.29, 0.717) is 11.8 Å². The van der Waals surface area contributed by atoms with Crippen molar-refractivity contribution in [3.63, 3.8) is 0 Å². The zero-order valence-electron chi connectivity index (χ0n) is 17.9. The first-order valence-electron chi connectivity index (χ1n) is 9.89. The van der Waals surface area contributed by atoms with Crippen LogP contribution in [0, 0.1) is 17.5 Å². The molecule has 0 amide bonds. The number of halogens is 4. The number of pyridine rings is 1. The van der Waals surface area contributed by atoms with E-state index in [2.05, 4.69) is 14.7 Å². The molecule has 1 N–H and O–H groups in total. The number of carbonyl (C=O) groups is 1. The molecule has 2 aliphatic rings. The molecule has 1 aromatic heterocycles. The molecule has 4 rings (SSSR count). The average molecular weight is 515 g/mol. The highest BCUT2D eigenvalue weighted by molar-refractivity contribution is 7.88. The normalized spacial score (nSPS) is 20.3. The van der Waals surface area contributed by atoms with Crippen LogP contribution in [0.3, 0.4) is 0 Å². The van der Waals surface area contributed by atoms with E-state index in [4.69, 9.17) is 16.3 Å². The van der Waals surface area contributed by atoms with E-state index in [1.807, 2.05) is 0 Å². The summed E-state index contributed by atoms with van der Waals surface area (Å²) in [7, 11) is -2.47. The minimum Gasteiger partial charge on any atom is -0.466 e. The number of amidine groups is 1. The second-order valence-electron chi connectivity index (χ2n) is 7.76. The number of hydrogen-bond donors (Lipinski definition) is 1. The Morgan fingerprint density at radius 1 is 1.24 bits per heavy atom. The third kappa shape index (κ3) is 4.65. The van der Waals surface area contributed by atoms with Crippen molar-refractivity contribution in [2.75, 3.05) is 19.9 Å². The van der Waals surface area contributed by atoms with Crippen LogP contribution in [0.2, 0.25) is 5.02 Å². The second-order valence-corrected chi connectivity index (χ2v) is 9.95. The molecular formula is C21H18ClF3N4O4S. The fourth-order valence-corrected chi connectivity index (χ4v) is 5.09. The Balaban J connectivity index is 1.94.